The number of benzene rings is 2. The lowest BCUT2D eigenvalue weighted by Crippen LogP contribution is -2.57. The van der Waals surface area contributed by atoms with Crippen LogP contribution in [0.3, 0.4) is 0 Å². The summed E-state index contributed by atoms with van der Waals surface area (Å²) in [7, 11) is 0. The predicted molar refractivity (Wildman–Crippen MR) is 116 cm³/mol. The first-order chi connectivity index (χ1) is 13.6. The van der Waals surface area contributed by atoms with Crippen molar-refractivity contribution in [2.24, 2.45) is 15.7 Å². The van der Waals surface area contributed by atoms with Crippen LogP contribution in [0.4, 0.5) is 15.8 Å². The van der Waals surface area contributed by atoms with E-state index in [1.54, 1.807) is 35.2 Å². The molecule has 10 heteroatoms. The maximum atomic E-state index is 14.7. The van der Waals surface area contributed by atoms with E-state index in [-0.39, 0.29) is 24.2 Å². The zero-order chi connectivity index (χ0) is 19.5. The van der Waals surface area contributed by atoms with E-state index in [1.165, 1.54) is 6.07 Å². The molecule has 2 aromatic carbocycles. The number of morpholine rings is 1. The highest BCUT2D eigenvalue weighted by Gasteiger charge is 2.33. The van der Waals surface area contributed by atoms with E-state index in [2.05, 4.69) is 15.3 Å². The van der Waals surface area contributed by atoms with Crippen molar-refractivity contribution in [2.45, 2.75) is 6.29 Å². The molecule has 2 aromatic rings. The lowest BCUT2D eigenvalue weighted by molar-refractivity contribution is 0.0671. The maximum Gasteiger partial charge on any atom is 0.222 e. The van der Waals surface area contributed by atoms with Gasteiger partial charge in [-0.3, -0.25) is 4.90 Å². The summed E-state index contributed by atoms with van der Waals surface area (Å²) in [5.74, 6) is 0.287. The smallest absolute Gasteiger partial charge is 0.222 e. The van der Waals surface area contributed by atoms with Gasteiger partial charge in [-0.25, -0.2) is 9.38 Å². The molecule has 1 atom stereocenters. The van der Waals surface area contributed by atoms with Crippen LogP contribution in [0, 0.1) is 5.82 Å². The Labute approximate surface area is 179 Å². The van der Waals surface area contributed by atoms with Crippen LogP contribution < -0.4 is 16.0 Å². The van der Waals surface area contributed by atoms with E-state index in [1.807, 2.05) is 17.0 Å². The third-order valence-corrected chi connectivity index (χ3v) is 4.73. The average molecular weight is 439 g/mol. The lowest BCUT2D eigenvalue weighted by atomic mass is 10.2. The van der Waals surface area contributed by atoms with E-state index >= 15 is 0 Å². The zero-order valence-electron chi connectivity index (χ0n) is 15.5. The third-order valence-electron chi connectivity index (χ3n) is 4.48. The van der Waals surface area contributed by atoms with Crippen molar-refractivity contribution in [2.75, 3.05) is 36.5 Å². The first-order valence-electron chi connectivity index (χ1n) is 8.92. The number of nitrogens with zero attached hydrogens (tertiary/aromatic N) is 4. The lowest BCUT2D eigenvalue weighted by Gasteiger charge is -2.41. The number of guanidine groups is 2. The van der Waals surface area contributed by atoms with Crippen LogP contribution in [-0.2, 0) is 4.74 Å². The molecule has 0 aromatic heterocycles. The molecule has 154 valence electrons. The van der Waals surface area contributed by atoms with Crippen LogP contribution >= 0.6 is 24.0 Å². The van der Waals surface area contributed by atoms with Crippen LogP contribution in [0.5, 0.6) is 0 Å². The molecular weight excluding hydrogens is 418 g/mol. The van der Waals surface area contributed by atoms with Crippen molar-refractivity contribution in [3.63, 3.8) is 0 Å². The molecule has 0 bridgehead atoms. The van der Waals surface area contributed by atoms with Crippen LogP contribution in [0.15, 0.2) is 58.5 Å². The molecular formula is C19H21Cl2FN6O. The Hall–Kier alpha value is -2.55. The van der Waals surface area contributed by atoms with Gasteiger partial charge in [0.05, 0.1) is 18.9 Å². The van der Waals surface area contributed by atoms with Crippen molar-refractivity contribution < 1.29 is 9.13 Å². The number of rotatable bonds is 3. The topological polar surface area (TPSA) is 78.5 Å². The highest BCUT2D eigenvalue weighted by Crippen LogP contribution is 2.27. The van der Waals surface area contributed by atoms with Gasteiger partial charge in [0.2, 0.25) is 18.2 Å². The molecule has 1 saturated heterocycles. The normalized spacial score (nSPS) is 19.2. The number of ether oxygens (including phenoxy) is 1. The Balaban J connectivity index is 0.00000240. The number of anilines is 2. The summed E-state index contributed by atoms with van der Waals surface area (Å²) >= 11 is 5.97. The van der Waals surface area contributed by atoms with Crippen molar-refractivity contribution in [3.8, 4) is 0 Å². The Kier molecular flexibility index (Phi) is 6.79. The standard InChI is InChI=1S/C19H20ClFN6O.ClH/c20-13-5-7-14(8-6-13)23-18-24-17(22)25-19(26-9-11-28-12-10-26)27(18)16-4-2-1-3-15(16)21;/h1-8,18,23H,9-12H2,(H2,22,24);1H. The fourth-order valence-electron chi connectivity index (χ4n) is 3.14. The minimum Gasteiger partial charge on any atom is -0.378 e. The summed E-state index contributed by atoms with van der Waals surface area (Å²) < 4.78 is 20.1. The Morgan fingerprint density at radius 3 is 2.48 bits per heavy atom. The first kappa shape index (κ1) is 21.2. The summed E-state index contributed by atoms with van der Waals surface area (Å²) in [6.45, 7) is 2.39. The van der Waals surface area contributed by atoms with E-state index in [0.29, 0.717) is 43.0 Å². The monoisotopic (exact) mass is 438 g/mol. The summed E-state index contributed by atoms with van der Waals surface area (Å²) in [5, 5.41) is 3.90. The van der Waals surface area contributed by atoms with Crippen molar-refractivity contribution in [1.29, 1.82) is 0 Å². The Morgan fingerprint density at radius 2 is 1.79 bits per heavy atom. The molecule has 0 saturated carbocycles. The molecule has 0 spiro atoms. The van der Waals surface area contributed by atoms with Crippen LogP contribution in [0.1, 0.15) is 0 Å². The highest BCUT2D eigenvalue weighted by atomic mass is 35.5. The minimum absolute atomic E-state index is 0. The molecule has 1 unspecified atom stereocenters. The Morgan fingerprint density at radius 1 is 1.10 bits per heavy atom. The molecule has 2 aliphatic rings. The van der Waals surface area contributed by atoms with E-state index in [4.69, 9.17) is 22.1 Å². The maximum absolute atomic E-state index is 14.7. The van der Waals surface area contributed by atoms with Gasteiger partial charge in [-0.05, 0) is 36.4 Å². The number of halogens is 3. The van der Waals surface area contributed by atoms with E-state index in [9.17, 15) is 4.39 Å². The number of hydrogen-bond donors (Lipinski definition) is 2. The molecule has 3 N–H and O–H groups in total. The van der Waals surface area contributed by atoms with Crippen LogP contribution in [0.2, 0.25) is 5.02 Å². The number of hydrogen-bond acceptors (Lipinski definition) is 7. The summed E-state index contributed by atoms with van der Waals surface area (Å²) in [5.41, 5.74) is 7.13. The quantitative estimate of drug-likeness (QED) is 0.769. The summed E-state index contributed by atoms with van der Waals surface area (Å²) in [4.78, 5) is 12.6. The van der Waals surface area contributed by atoms with Gasteiger partial charge in [0.1, 0.15) is 5.82 Å². The second-order valence-corrected chi connectivity index (χ2v) is 6.78. The summed E-state index contributed by atoms with van der Waals surface area (Å²) in [6.07, 6.45) is -0.673. The SMILES string of the molecule is Cl.NC1=NC(Nc2ccc(Cl)cc2)N(c2ccccc2F)C(N2CCOCC2)=N1. The fourth-order valence-corrected chi connectivity index (χ4v) is 3.27. The van der Waals surface area contributed by atoms with Gasteiger partial charge in [-0.15, -0.1) is 12.4 Å². The predicted octanol–water partition coefficient (Wildman–Crippen LogP) is 3.12. The minimum atomic E-state index is -0.673. The molecule has 4 rings (SSSR count). The van der Waals surface area contributed by atoms with Crippen molar-refractivity contribution in [1.82, 2.24) is 4.90 Å². The Bertz CT molecular complexity index is 902. The molecule has 2 aliphatic heterocycles. The van der Waals surface area contributed by atoms with Gasteiger partial charge in [0.25, 0.3) is 0 Å². The molecule has 7 nitrogen and oxygen atoms in total. The number of nitrogens with two attached hydrogens (primary N) is 1. The van der Waals surface area contributed by atoms with Gasteiger partial charge in [0, 0.05) is 23.8 Å². The van der Waals surface area contributed by atoms with Crippen LogP contribution in [0.25, 0.3) is 0 Å². The number of nitrogens with one attached hydrogen (secondary N) is 1. The second kappa shape index (κ2) is 9.30. The van der Waals surface area contributed by atoms with E-state index in [0.717, 1.165) is 5.69 Å². The van der Waals surface area contributed by atoms with Gasteiger partial charge in [-0.1, -0.05) is 23.7 Å². The van der Waals surface area contributed by atoms with Crippen molar-refractivity contribution in [3.05, 3.63) is 59.4 Å². The number of aliphatic imine (C=N–C) groups is 2. The largest absolute Gasteiger partial charge is 0.378 e. The summed E-state index contributed by atoms with van der Waals surface area (Å²) in [6, 6.07) is 13.7. The first-order valence-corrected chi connectivity index (χ1v) is 9.30. The van der Waals surface area contributed by atoms with Gasteiger partial charge in [0.15, 0.2) is 0 Å². The highest BCUT2D eigenvalue weighted by molar-refractivity contribution is 6.30. The molecule has 29 heavy (non-hydrogen) atoms. The van der Waals surface area contributed by atoms with E-state index < -0.39 is 6.29 Å². The third kappa shape index (κ3) is 4.72. The van der Waals surface area contributed by atoms with Gasteiger partial charge < -0.3 is 20.7 Å². The van der Waals surface area contributed by atoms with Gasteiger partial charge in [-0.2, -0.15) is 4.99 Å². The average Bonchev–Trinajstić information content (AvgIpc) is 2.71. The fraction of sp³-hybridized carbons (Fsp3) is 0.263. The second-order valence-electron chi connectivity index (χ2n) is 6.34. The zero-order valence-corrected chi connectivity index (χ0v) is 17.0. The molecule has 2 heterocycles. The van der Waals surface area contributed by atoms with Crippen molar-refractivity contribution >= 4 is 47.3 Å². The molecule has 0 amide bonds. The number of para-hydroxylation sites is 1. The molecule has 0 aliphatic carbocycles. The molecule has 1 fully saturated rings. The molecule has 0 radical (unpaired) electrons. The van der Waals surface area contributed by atoms with Gasteiger partial charge >= 0.3 is 0 Å². The van der Waals surface area contributed by atoms with Crippen LogP contribution in [-0.4, -0.2) is 49.4 Å².